The molecule has 2 N–H and O–H groups in total. The van der Waals surface area contributed by atoms with Crippen LogP contribution in [0.25, 0.3) is 0 Å². The molecule has 0 aromatic heterocycles. The van der Waals surface area contributed by atoms with Gasteiger partial charge in [-0.3, -0.25) is 4.79 Å². The molecule has 1 heterocycles. The Morgan fingerprint density at radius 1 is 1.41 bits per heavy atom. The second-order valence-corrected chi connectivity index (χ2v) is 4.41. The summed E-state index contributed by atoms with van der Waals surface area (Å²) in [6.45, 7) is 1.51. The molecule has 0 radical (unpaired) electrons. The molecular weight excluding hydrogens is 219 g/mol. The number of rotatable bonds is 2. The van der Waals surface area contributed by atoms with Crippen molar-refractivity contribution in [3.05, 3.63) is 35.6 Å². The molecule has 1 amide bonds. The van der Waals surface area contributed by atoms with Crippen molar-refractivity contribution >= 4 is 5.91 Å². The molecule has 1 aromatic rings. The number of nitrogens with zero attached hydrogens (tertiary/aromatic N) is 1. The van der Waals surface area contributed by atoms with Crippen LogP contribution in [0.5, 0.6) is 0 Å². The van der Waals surface area contributed by atoms with Gasteiger partial charge in [-0.2, -0.15) is 0 Å². The lowest BCUT2D eigenvalue weighted by Gasteiger charge is -2.32. The molecule has 0 unspecified atom stereocenters. The average molecular weight is 236 g/mol. The summed E-state index contributed by atoms with van der Waals surface area (Å²) in [4.78, 5) is 13.2. The second kappa shape index (κ2) is 5.27. The summed E-state index contributed by atoms with van der Waals surface area (Å²) in [5, 5.41) is 0. The van der Waals surface area contributed by atoms with E-state index in [0.29, 0.717) is 5.92 Å². The van der Waals surface area contributed by atoms with Crippen LogP contribution in [0.1, 0.15) is 24.3 Å². The predicted molar refractivity (Wildman–Crippen MR) is 64.0 cm³/mol. The van der Waals surface area contributed by atoms with E-state index in [1.807, 2.05) is 6.07 Å². The third kappa shape index (κ3) is 2.82. The lowest BCUT2D eigenvalue weighted by molar-refractivity contribution is -0.130. The van der Waals surface area contributed by atoms with E-state index in [1.165, 1.54) is 6.07 Å². The van der Waals surface area contributed by atoms with E-state index in [-0.39, 0.29) is 18.3 Å². The topological polar surface area (TPSA) is 46.3 Å². The molecule has 0 spiro atoms. The van der Waals surface area contributed by atoms with Gasteiger partial charge in [0.1, 0.15) is 5.82 Å². The van der Waals surface area contributed by atoms with Gasteiger partial charge in [-0.15, -0.1) is 0 Å². The molecule has 4 heteroatoms. The fourth-order valence-corrected chi connectivity index (χ4v) is 2.35. The largest absolute Gasteiger partial charge is 0.342 e. The smallest absolute Gasteiger partial charge is 0.236 e. The highest BCUT2D eigenvalue weighted by atomic mass is 19.1. The Morgan fingerprint density at radius 2 is 2.12 bits per heavy atom. The van der Waals surface area contributed by atoms with E-state index in [4.69, 9.17) is 5.73 Å². The zero-order valence-corrected chi connectivity index (χ0v) is 9.73. The second-order valence-electron chi connectivity index (χ2n) is 4.41. The fourth-order valence-electron chi connectivity index (χ4n) is 2.35. The van der Waals surface area contributed by atoms with E-state index >= 15 is 0 Å². The van der Waals surface area contributed by atoms with Gasteiger partial charge < -0.3 is 10.6 Å². The maximum atomic E-state index is 13.1. The van der Waals surface area contributed by atoms with Crippen LogP contribution < -0.4 is 5.73 Å². The first-order chi connectivity index (χ1) is 8.20. The van der Waals surface area contributed by atoms with E-state index in [0.717, 1.165) is 31.5 Å². The van der Waals surface area contributed by atoms with Crippen molar-refractivity contribution in [3.63, 3.8) is 0 Å². The SMILES string of the molecule is NCC(=O)N1CCC(c2cccc(F)c2)CC1. The molecule has 2 rings (SSSR count). The number of benzene rings is 1. The number of piperidine rings is 1. The molecular formula is C13H17FN2O. The van der Waals surface area contributed by atoms with Crippen molar-refractivity contribution in [1.82, 2.24) is 4.90 Å². The predicted octanol–water partition coefficient (Wildman–Crippen LogP) is 1.49. The highest BCUT2D eigenvalue weighted by Crippen LogP contribution is 2.28. The average Bonchev–Trinajstić information content (AvgIpc) is 2.38. The van der Waals surface area contributed by atoms with Crippen molar-refractivity contribution in [2.45, 2.75) is 18.8 Å². The quantitative estimate of drug-likeness (QED) is 0.845. The molecule has 1 fully saturated rings. The summed E-state index contributed by atoms with van der Waals surface area (Å²) < 4.78 is 13.1. The Balaban J connectivity index is 1.97. The maximum absolute atomic E-state index is 13.1. The normalized spacial score (nSPS) is 17.2. The van der Waals surface area contributed by atoms with Gasteiger partial charge in [-0.1, -0.05) is 12.1 Å². The lowest BCUT2D eigenvalue weighted by Crippen LogP contribution is -2.41. The molecule has 0 atom stereocenters. The van der Waals surface area contributed by atoms with Gasteiger partial charge in [-0.05, 0) is 36.5 Å². The van der Waals surface area contributed by atoms with Gasteiger partial charge >= 0.3 is 0 Å². The number of hydrogen-bond donors (Lipinski definition) is 1. The first-order valence-electron chi connectivity index (χ1n) is 5.94. The van der Waals surface area contributed by atoms with Crippen LogP contribution in [-0.2, 0) is 4.79 Å². The van der Waals surface area contributed by atoms with Crippen molar-refractivity contribution in [1.29, 1.82) is 0 Å². The van der Waals surface area contributed by atoms with Crippen LogP contribution >= 0.6 is 0 Å². The molecule has 1 aliphatic heterocycles. The van der Waals surface area contributed by atoms with Crippen molar-refractivity contribution in [2.24, 2.45) is 5.73 Å². The zero-order valence-electron chi connectivity index (χ0n) is 9.73. The molecule has 0 bridgehead atoms. The first kappa shape index (κ1) is 12.0. The molecule has 0 aliphatic carbocycles. The summed E-state index contributed by atoms with van der Waals surface area (Å²) in [6.07, 6.45) is 1.77. The number of halogens is 1. The molecule has 92 valence electrons. The maximum Gasteiger partial charge on any atom is 0.236 e. The van der Waals surface area contributed by atoms with Crippen LogP contribution in [-0.4, -0.2) is 30.4 Å². The van der Waals surface area contributed by atoms with Gasteiger partial charge in [0.15, 0.2) is 0 Å². The number of carbonyl (C=O) groups is 1. The first-order valence-corrected chi connectivity index (χ1v) is 5.94. The third-order valence-electron chi connectivity index (χ3n) is 3.34. The molecule has 1 saturated heterocycles. The van der Waals surface area contributed by atoms with Gasteiger partial charge in [0.25, 0.3) is 0 Å². The lowest BCUT2D eigenvalue weighted by atomic mass is 9.89. The summed E-state index contributed by atoms with van der Waals surface area (Å²) in [7, 11) is 0. The Labute approximate surface area is 100 Å². The van der Waals surface area contributed by atoms with E-state index in [2.05, 4.69) is 0 Å². The van der Waals surface area contributed by atoms with Crippen molar-refractivity contribution in [3.8, 4) is 0 Å². The van der Waals surface area contributed by atoms with Crippen LogP contribution in [0.3, 0.4) is 0 Å². The van der Waals surface area contributed by atoms with Gasteiger partial charge in [-0.25, -0.2) is 4.39 Å². The standard InChI is InChI=1S/C13H17FN2O/c14-12-3-1-2-11(8-12)10-4-6-16(7-5-10)13(17)9-15/h1-3,8,10H,4-7,9,15H2. The molecule has 3 nitrogen and oxygen atoms in total. The minimum absolute atomic E-state index is 0.00249. The van der Waals surface area contributed by atoms with Crippen LogP contribution in [0.2, 0.25) is 0 Å². The number of nitrogens with two attached hydrogens (primary N) is 1. The van der Waals surface area contributed by atoms with Gasteiger partial charge in [0.05, 0.1) is 6.54 Å². The molecule has 0 saturated carbocycles. The van der Waals surface area contributed by atoms with E-state index < -0.39 is 0 Å². The van der Waals surface area contributed by atoms with Gasteiger partial charge in [0.2, 0.25) is 5.91 Å². The summed E-state index contributed by atoms with van der Waals surface area (Å²) >= 11 is 0. The minimum Gasteiger partial charge on any atom is -0.342 e. The molecule has 1 aliphatic rings. The van der Waals surface area contributed by atoms with Crippen LogP contribution in [0.4, 0.5) is 4.39 Å². The summed E-state index contributed by atoms with van der Waals surface area (Å²) in [5.74, 6) is 0.165. The Morgan fingerprint density at radius 3 is 2.71 bits per heavy atom. The number of amides is 1. The van der Waals surface area contributed by atoms with E-state index in [1.54, 1.807) is 17.0 Å². The summed E-state index contributed by atoms with van der Waals surface area (Å²) in [6, 6.07) is 6.73. The Kier molecular flexibility index (Phi) is 3.74. The van der Waals surface area contributed by atoms with E-state index in [9.17, 15) is 9.18 Å². The summed E-state index contributed by atoms with van der Waals surface area (Å²) in [5.41, 5.74) is 6.36. The number of carbonyl (C=O) groups excluding carboxylic acids is 1. The monoisotopic (exact) mass is 236 g/mol. The van der Waals surface area contributed by atoms with Crippen molar-refractivity contribution < 1.29 is 9.18 Å². The van der Waals surface area contributed by atoms with Crippen LogP contribution in [0, 0.1) is 5.82 Å². The molecule has 17 heavy (non-hydrogen) atoms. The highest BCUT2D eigenvalue weighted by molar-refractivity contribution is 5.78. The highest BCUT2D eigenvalue weighted by Gasteiger charge is 2.23. The Hall–Kier alpha value is -1.42. The number of hydrogen-bond acceptors (Lipinski definition) is 2. The minimum atomic E-state index is -0.192. The zero-order chi connectivity index (χ0) is 12.3. The fraction of sp³-hybridized carbons (Fsp3) is 0.462. The van der Waals surface area contributed by atoms with Crippen LogP contribution in [0.15, 0.2) is 24.3 Å². The van der Waals surface area contributed by atoms with Crippen molar-refractivity contribution in [2.75, 3.05) is 19.6 Å². The number of likely N-dealkylation sites (tertiary alicyclic amines) is 1. The van der Waals surface area contributed by atoms with Gasteiger partial charge in [0, 0.05) is 13.1 Å². The third-order valence-corrected chi connectivity index (χ3v) is 3.34. The molecule has 1 aromatic carbocycles. The Bertz CT molecular complexity index is 400.